The van der Waals surface area contributed by atoms with Gasteiger partial charge in [-0.05, 0) is 44.8 Å². The van der Waals surface area contributed by atoms with Crippen LogP contribution in [0.25, 0.3) is 0 Å². The van der Waals surface area contributed by atoms with Crippen molar-refractivity contribution in [1.29, 1.82) is 0 Å². The molecule has 0 amide bonds. The minimum atomic E-state index is -1.39. The number of fused-ring (bicyclic) bond motifs is 2. The van der Waals surface area contributed by atoms with Crippen LogP contribution in [-0.4, -0.2) is 8.32 Å². The Bertz CT molecular complexity index is 254. The minimum Gasteiger partial charge on any atom is -0.546 e. The molecule has 2 aliphatic rings. The number of allylic oxidation sites excluding steroid dienone is 2. The van der Waals surface area contributed by atoms with Crippen LogP contribution >= 0.6 is 15.9 Å². The molecule has 0 heterocycles. The smallest absolute Gasteiger partial charge is 0.241 e. The summed E-state index contributed by atoms with van der Waals surface area (Å²) < 4.78 is 7.50. The highest BCUT2D eigenvalue weighted by molar-refractivity contribution is 9.11. The van der Waals surface area contributed by atoms with Gasteiger partial charge in [-0.2, -0.15) is 0 Å². The van der Waals surface area contributed by atoms with Gasteiger partial charge < -0.3 is 4.43 Å². The van der Waals surface area contributed by atoms with Gasteiger partial charge in [-0.25, -0.2) is 0 Å². The topological polar surface area (TPSA) is 9.23 Å². The Kier molecular flexibility index (Phi) is 2.35. The zero-order valence-electron chi connectivity index (χ0n) is 8.56. The Balaban J connectivity index is 2.15. The van der Waals surface area contributed by atoms with Crippen molar-refractivity contribution in [2.45, 2.75) is 38.9 Å². The van der Waals surface area contributed by atoms with Gasteiger partial charge in [0.25, 0.3) is 0 Å². The zero-order chi connectivity index (χ0) is 9.64. The fourth-order valence-corrected chi connectivity index (χ4v) is 4.21. The number of rotatable bonds is 2. The molecule has 74 valence electrons. The van der Waals surface area contributed by atoms with Crippen LogP contribution in [0, 0.1) is 11.8 Å². The average molecular weight is 261 g/mol. The molecule has 13 heavy (non-hydrogen) atoms. The van der Waals surface area contributed by atoms with Crippen molar-refractivity contribution in [3.8, 4) is 0 Å². The molecule has 1 nitrogen and oxygen atoms in total. The van der Waals surface area contributed by atoms with E-state index in [0.717, 1.165) is 11.8 Å². The maximum atomic E-state index is 6.12. The molecule has 0 unspecified atom stereocenters. The predicted octanol–water partition coefficient (Wildman–Crippen LogP) is 3.87. The van der Waals surface area contributed by atoms with E-state index in [0.29, 0.717) is 0 Å². The molecular weight excluding hydrogens is 244 g/mol. The highest BCUT2D eigenvalue weighted by atomic mass is 79.9. The third kappa shape index (κ3) is 1.86. The summed E-state index contributed by atoms with van der Waals surface area (Å²) in [6.07, 6.45) is 4.05. The summed E-state index contributed by atoms with van der Waals surface area (Å²) in [5.41, 5.74) is 0. The van der Waals surface area contributed by atoms with Gasteiger partial charge in [0.05, 0.1) is 5.76 Å². The molecule has 0 aromatic rings. The molecule has 2 rings (SSSR count). The van der Waals surface area contributed by atoms with Gasteiger partial charge >= 0.3 is 0 Å². The minimum absolute atomic E-state index is 0.742. The zero-order valence-corrected chi connectivity index (χ0v) is 11.1. The lowest BCUT2D eigenvalue weighted by Crippen LogP contribution is -2.26. The second-order valence-electron chi connectivity index (χ2n) is 5.13. The first-order valence-electron chi connectivity index (χ1n) is 5.06. The Morgan fingerprint density at radius 2 is 1.85 bits per heavy atom. The van der Waals surface area contributed by atoms with Crippen LogP contribution in [0.1, 0.15) is 19.3 Å². The number of hydrogen-bond acceptors (Lipinski definition) is 1. The van der Waals surface area contributed by atoms with Gasteiger partial charge in [0.1, 0.15) is 0 Å². The highest BCUT2D eigenvalue weighted by Crippen LogP contribution is 2.51. The molecule has 0 radical (unpaired) electrons. The van der Waals surface area contributed by atoms with Gasteiger partial charge in [0, 0.05) is 10.4 Å². The van der Waals surface area contributed by atoms with Crippen LogP contribution in [0.5, 0.6) is 0 Å². The third-order valence-electron chi connectivity index (χ3n) is 2.81. The van der Waals surface area contributed by atoms with E-state index >= 15 is 0 Å². The van der Waals surface area contributed by atoms with E-state index in [1.54, 1.807) is 0 Å². The van der Waals surface area contributed by atoms with Crippen LogP contribution in [0.3, 0.4) is 0 Å². The van der Waals surface area contributed by atoms with Crippen molar-refractivity contribution in [3.63, 3.8) is 0 Å². The lowest BCUT2D eigenvalue weighted by atomic mass is 10.1. The van der Waals surface area contributed by atoms with Gasteiger partial charge in [-0.15, -0.1) is 0 Å². The largest absolute Gasteiger partial charge is 0.546 e. The summed E-state index contributed by atoms with van der Waals surface area (Å²) in [6.45, 7) is 6.77. The Hall–Kier alpha value is 0.237. The molecule has 0 aliphatic heterocycles. The molecular formula is C10H17BrOSi. The Morgan fingerprint density at radius 1 is 1.23 bits per heavy atom. The first-order valence-corrected chi connectivity index (χ1v) is 9.26. The van der Waals surface area contributed by atoms with Crippen molar-refractivity contribution in [1.82, 2.24) is 0 Å². The maximum Gasteiger partial charge on any atom is 0.241 e. The summed E-state index contributed by atoms with van der Waals surface area (Å²) in [6, 6.07) is 0. The van der Waals surface area contributed by atoms with Crippen LogP contribution in [0.2, 0.25) is 19.6 Å². The Morgan fingerprint density at radius 3 is 2.31 bits per heavy atom. The SMILES string of the molecule is C[Si](C)(C)OC1=C(Br)[C@H]2CC[C@H]1C2. The summed E-state index contributed by atoms with van der Waals surface area (Å²) in [7, 11) is -1.39. The summed E-state index contributed by atoms with van der Waals surface area (Å²) in [5.74, 6) is 2.83. The van der Waals surface area contributed by atoms with Crippen molar-refractivity contribution in [3.05, 3.63) is 10.2 Å². The monoisotopic (exact) mass is 260 g/mol. The molecule has 2 bridgehead atoms. The van der Waals surface area contributed by atoms with E-state index in [9.17, 15) is 0 Å². The molecule has 0 aromatic heterocycles. The standard InChI is InChI=1S/C10H17BrOSi/c1-13(2,3)12-10-8-5-4-7(6-8)9(10)11/h7-8H,4-6H2,1-3H3/t7-,8-/m0/s1. The van der Waals surface area contributed by atoms with Gasteiger partial charge in [0.15, 0.2) is 0 Å². The number of hydrogen-bond donors (Lipinski definition) is 0. The summed E-state index contributed by atoms with van der Waals surface area (Å²) >= 11 is 3.69. The van der Waals surface area contributed by atoms with E-state index in [-0.39, 0.29) is 0 Å². The predicted molar refractivity (Wildman–Crippen MR) is 61.2 cm³/mol. The molecule has 2 atom stereocenters. The molecule has 0 aromatic carbocycles. The maximum absolute atomic E-state index is 6.12. The van der Waals surface area contributed by atoms with E-state index in [1.165, 1.54) is 29.5 Å². The lowest BCUT2D eigenvalue weighted by Gasteiger charge is -2.25. The summed E-state index contributed by atoms with van der Waals surface area (Å²) in [4.78, 5) is 0. The number of halogens is 1. The van der Waals surface area contributed by atoms with Gasteiger partial charge in [0.2, 0.25) is 8.32 Å². The normalized spacial score (nSPS) is 32.9. The summed E-state index contributed by atoms with van der Waals surface area (Å²) in [5, 5.41) is 0. The van der Waals surface area contributed by atoms with Crippen molar-refractivity contribution < 1.29 is 4.43 Å². The lowest BCUT2D eigenvalue weighted by molar-refractivity contribution is 0.350. The first kappa shape index (κ1) is 9.78. The van der Waals surface area contributed by atoms with E-state index in [4.69, 9.17) is 4.43 Å². The van der Waals surface area contributed by atoms with E-state index in [2.05, 4.69) is 35.6 Å². The van der Waals surface area contributed by atoms with E-state index in [1.807, 2.05) is 0 Å². The fraction of sp³-hybridized carbons (Fsp3) is 0.800. The first-order chi connectivity index (χ1) is 5.97. The second-order valence-corrected chi connectivity index (χ2v) is 10.4. The van der Waals surface area contributed by atoms with Crippen LogP contribution in [-0.2, 0) is 4.43 Å². The van der Waals surface area contributed by atoms with Crippen LogP contribution < -0.4 is 0 Å². The highest BCUT2D eigenvalue weighted by Gasteiger charge is 2.40. The molecule has 1 saturated carbocycles. The van der Waals surface area contributed by atoms with Crippen molar-refractivity contribution >= 4 is 24.2 Å². The molecule has 3 heteroatoms. The molecule has 0 spiro atoms. The molecule has 1 fully saturated rings. The molecule has 0 N–H and O–H groups in total. The quantitative estimate of drug-likeness (QED) is 0.685. The van der Waals surface area contributed by atoms with Crippen LogP contribution in [0.15, 0.2) is 10.2 Å². The van der Waals surface area contributed by atoms with Crippen molar-refractivity contribution in [2.24, 2.45) is 11.8 Å². The molecule has 0 saturated heterocycles. The molecule has 2 aliphatic carbocycles. The van der Waals surface area contributed by atoms with Crippen molar-refractivity contribution in [2.75, 3.05) is 0 Å². The van der Waals surface area contributed by atoms with Gasteiger partial charge in [-0.1, -0.05) is 15.9 Å². The average Bonchev–Trinajstić information content (AvgIpc) is 2.51. The van der Waals surface area contributed by atoms with Gasteiger partial charge in [-0.3, -0.25) is 0 Å². The Labute approximate surface area is 89.8 Å². The third-order valence-corrected chi connectivity index (χ3v) is 4.68. The fourth-order valence-electron chi connectivity index (χ4n) is 2.31. The second kappa shape index (κ2) is 3.12. The van der Waals surface area contributed by atoms with E-state index < -0.39 is 8.32 Å². The van der Waals surface area contributed by atoms with Crippen LogP contribution in [0.4, 0.5) is 0 Å².